The number of aryl methyl sites for hydroxylation is 1. The molecule has 0 N–H and O–H groups in total. The average Bonchev–Trinajstić information content (AvgIpc) is 2.17. The Morgan fingerprint density at radius 3 is 2.93 bits per heavy atom. The van der Waals surface area contributed by atoms with Gasteiger partial charge in [-0.15, -0.1) is 0 Å². The largest absolute Gasteiger partial charge is 0.303 e. The van der Waals surface area contributed by atoms with E-state index >= 15 is 0 Å². The highest BCUT2D eigenvalue weighted by atomic mass is 16.1. The number of hydrogen-bond donors (Lipinski definition) is 0. The Morgan fingerprint density at radius 2 is 2.36 bits per heavy atom. The molecular formula is C10H8N2O2. The second kappa shape index (κ2) is 4.28. The van der Waals surface area contributed by atoms with Crippen molar-refractivity contribution < 1.29 is 9.59 Å². The fraction of sp³-hybridized carbons (Fsp3) is 0.200. The third-order valence-corrected chi connectivity index (χ3v) is 1.64. The van der Waals surface area contributed by atoms with Crippen LogP contribution >= 0.6 is 0 Å². The van der Waals surface area contributed by atoms with E-state index in [0.717, 1.165) is 0 Å². The van der Waals surface area contributed by atoms with E-state index in [-0.39, 0.29) is 17.9 Å². The summed E-state index contributed by atoms with van der Waals surface area (Å²) in [6.07, 6.45) is 0.333. The fourth-order valence-electron chi connectivity index (χ4n) is 1.06. The van der Waals surface area contributed by atoms with Gasteiger partial charge >= 0.3 is 0 Å². The van der Waals surface area contributed by atoms with Gasteiger partial charge in [0.2, 0.25) is 0 Å². The third-order valence-electron chi connectivity index (χ3n) is 1.64. The van der Waals surface area contributed by atoms with Crippen LogP contribution in [0.4, 0.5) is 0 Å². The Hall–Kier alpha value is -2.02. The van der Waals surface area contributed by atoms with E-state index in [1.807, 2.05) is 6.07 Å². The number of hydrogen-bond acceptors (Lipinski definition) is 4. The minimum Gasteiger partial charge on any atom is -0.303 e. The molecule has 1 aromatic heterocycles. The number of aldehydes is 1. The molecular weight excluding hydrogens is 180 g/mol. The first-order chi connectivity index (χ1) is 6.67. The van der Waals surface area contributed by atoms with Crippen molar-refractivity contribution in [3.05, 3.63) is 29.1 Å². The average molecular weight is 188 g/mol. The standard InChI is InChI=1S/C10H8N2O2/c1-7-4-8(6-11)5-9(12-7)10(14)2-3-13/h3-5H,2H2,1H3. The van der Waals surface area contributed by atoms with Crippen LogP contribution < -0.4 is 0 Å². The molecule has 0 aromatic carbocycles. The number of rotatable bonds is 3. The van der Waals surface area contributed by atoms with E-state index < -0.39 is 0 Å². The van der Waals surface area contributed by atoms with Gasteiger partial charge in [-0.05, 0) is 19.1 Å². The van der Waals surface area contributed by atoms with E-state index in [4.69, 9.17) is 5.26 Å². The van der Waals surface area contributed by atoms with Crippen LogP contribution in [0.3, 0.4) is 0 Å². The van der Waals surface area contributed by atoms with Crippen LogP contribution in [0.15, 0.2) is 12.1 Å². The molecule has 1 rings (SSSR count). The number of carbonyl (C=O) groups excluding carboxylic acids is 2. The van der Waals surface area contributed by atoms with Gasteiger partial charge in [-0.1, -0.05) is 0 Å². The molecule has 0 unspecified atom stereocenters. The van der Waals surface area contributed by atoms with Crippen LogP contribution in [0, 0.1) is 18.3 Å². The van der Waals surface area contributed by atoms with Crippen LogP contribution in [-0.2, 0) is 4.79 Å². The smallest absolute Gasteiger partial charge is 0.188 e. The molecule has 0 aliphatic rings. The van der Waals surface area contributed by atoms with Gasteiger partial charge in [0.1, 0.15) is 12.0 Å². The lowest BCUT2D eigenvalue weighted by Crippen LogP contribution is -2.04. The lowest BCUT2D eigenvalue weighted by molar-refractivity contribution is -0.107. The normalized spacial score (nSPS) is 9.14. The Balaban J connectivity index is 3.10. The highest BCUT2D eigenvalue weighted by Gasteiger charge is 2.08. The zero-order valence-corrected chi connectivity index (χ0v) is 7.65. The van der Waals surface area contributed by atoms with Crippen LogP contribution in [0.2, 0.25) is 0 Å². The summed E-state index contributed by atoms with van der Waals surface area (Å²) in [6, 6.07) is 4.89. The summed E-state index contributed by atoms with van der Waals surface area (Å²) in [7, 11) is 0. The first kappa shape index (κ1) is 10.1. The SMILES string of the molecule is Cc1cc(C#N)cc(C(=O)CC=O)n1. The Bertz CT molecular complexity index is 419. The minimum atomic E-state index is -0.361. The molecule has 0 radical (unpaired) electrons. The zero-order valence-electron chi connectivity index (χ0n) is 7.65. The van der Waals surface area contributed by atoms with Crippen LogP contribution in [0.5, 0.6) is 0 Å². The summed E-state index contributed by atoms with van der Waals surface area (Å²) in [4.78, 5) is 25.3. The summed E-state index contributed by atoms with van der Waals surface area (Å²) >= 11 is 0. The topological polar surface area (TPSA) is 70.8 Å². The van der Waals surface area contributed by atoms with Crippen molar-refractivity contribution in [3.8, 4) is 6.07 Å². The molecule has 1 heterocycles. The molecule has 0 aliphatic heterocycles. The third kappa shape index (κ3) is 2.23. The Labute approximate surface area is 81.2 Å². The van der Waals surface area contributed by atoms with E-state index in [0.29, 0.717) is 17.5 Å². The number of Topliss-reactive ketones (excluding diaryl/α,β-unsaturated/α-hetero) is 1. The summed E-state index contributed by atoms with van der Waals surface area (Å²) < 4.78 is 0. The van der Waals surface area contributed by atoms with Crippen molar-refractivity contribution in [2.75, 3.05) is 0 Å². The van der Waals surface area contributed by atoms with Crippen molar-refractivity contribution in [2.45, 2.75) is 13.3 Å². The molecule has 0 amide bonds. The molecule has 4 heteroatoms. The Morgan fingerprint density at radius 1 is 1.64 bits per heavy atom. The van der Waals surface area contributed by atoms with Gasteiger partial charge in [-0.3, -0.25) is 4.79 Å². The molecule has 0 saturated carbocycles. The fourth-order valence-corrected chi connectivity index (χ4v) is 1.06. The van der Waals surface area contributed by atoms with Gasteiger partial charge in [0.05, 0.1) is 18.1 Å². The quantitative estimate of drug-likeness (QED) is 0.403. The second-order valence-corrected chi connectivity index (χ2v) is 2.79. The minimum absolute atomic E-state index is 0.175. The first-order valence-corrected chi connectivity index (χ1v) is 4.03. The number of pyridine rings is 1. The van der Waals surface area contributed by atoms with E-state index in [1.165, 1.54) is 6.07 Å². The van der Waals surface area contributed by atoms with Crippen molar-refractivity contribution in [1.82, 2.24) is 4.98 Å². The van der Waals surface area contributed by atoms with Crippen LogP contribution in [-0.4, -0.2) is 17.1 Å². The van der Waals surface area contributed by atoms with Crippen LogP contribution in [0.25, 0.3) is 0 Å². The molecule has 70 valence electrons. The maximum atomic E-state index is 11.3. The highest BCUT2D eigenvalue weighted by Crippen LogP contribution is 2.06. The van der Waals surface area contributed by atoms with Gasteiger partial charge in [0, 0.05) is 5.69 Å². The van der Waals surface area contributed by atoms with Crippen molar-refractivity contribution >= 4 is 12.1 Å². The summed E-state index contributed by atoms with van der Waals surface area (Å²) in [5, 5.41) is 8.64. The number of ketones is 1. The van der Waals surface area contributed by atoms with Crippen molar-refractivity contribution in [3.63, 3.8) is 0 Å². The Kier molecular flexibility index (Phi) is 3.08. The molecule has 4 nitrogen and oxygen atoms in total. The van der Waals surface area contributed by atoms with Crippen molar-refractivity contribution in [2.24, 2.45) is 0 Å². The molecule has 0 atom stereocenters. The van der Waals surface area contributed by atoms with Gasteiger partial charge in [0.15, 0.2) is 5.78 Å². The molecule has 0 saturated heterocycles. The van der Waals surface area contributed by atoms with E-state index in [9.17, 15) is 9.59 Å². The number of carbonyl (C=O) groups is 2. The van der Waals surface area contributed by atoms with E-state index in [1.54, 1.807) is 13.0 Å². The lowest BCUT2D eigenvalue weighted by atomic mass is 10.1. The van der Waals surface area contributed by atoms with E-state index in [2.05, 4.69) is 4.98 Å². The second-order valence-electron chi connectivity index (χ2n) is 2.79. The van der Waals surface area contributed by atoms with Gasteiger partial charge < -0.3 is 4.79 Å². The first-order valence-electron chi connectivity index (χ1n) is 4.03. The molecule has 14 heavy (non-hydrogen) atoms. The predicted molar refractivity (Wildman–Crippen MR) is 48.7 cm³/mol. The van der Waals surface area contributed by atoms with Crippen LogP contribution in [0.1, 0.15) is 28.2 Å². The maximum absolute atomic E-state index is 11.3. The van der Waals surface area contributed by atoms with Gasteiger partial charge in [-0.25, -0.2) is 4.98 Å². The molecule has 0 fully saturated rings. The molecule has 0 bridgehead atoms. The van der Waals surface area contributed by atoms with Crippen molar-refractivity contribution in [1.29, 1.82) is 5.26 Å². The monoisotopic (exact) mass is 188 g/mol. The molecule has 1 aromatic rings. The summed E-state index contributed by atoms with van der Waals surface area (Å²) in [6.45, 7) is 1.69. The number of nitrogens with zero attached hydrogens (tertiary/aromatic N) is 2. The number of nitriles is 1. The maximum Gasteiger partial charge on any atom is 0.188 e. The lowest BCUT2D eigenvalue weighted by Gasteiger charge is -1.99. The highest BCUT2D eigenvalue weighted by molar-refractivity contribution is 6.01. The zero-order chi connectivity index (χ0) is 10.6. The summed E-state index contributed by atoms with van der Waals surface area (Å²) in [5.41, 5.74) is 1.15. The van der Waals surface area contributed by atoms with Gasteiger partial charge in [0.25, 0.3) is 0 Å². The summed E-state index contributed by atoms with van der Waals surface area (Å²) in [5.74, 6) is -0.361. The predicted octanol–water partition coefficient (Wildman–Crippen LogP) is 1.03. The van der Waals surface area contributed by atoms with Gasteiger partial charge in [-0.2, -0.15) is 5.26 Å². The number of aromatic nitrogens is 1. The molecule has 0 aliphatic carbocycles. The molecule has 0 spiro atoms.